The second-order valence-electron chi connectivity index (χ2n) is 18.0. The van der Waals surface area contributed by atoms with Crippen LogP contribution in [0.4, 0.5) is 17.1 Å². The zero-order valence-electron chi connectivity index (χ0n) is 37.7. The molecule has 0 aliphatic heterocycles. The lowest BCUT2D eigenvalue weighted by Crippen LogP contribution is -2.43. The first kappa shape index (κ1) is 50.5. The monoisotopic (exact) mass is 785 g/mol. The first-order valence-electron chi connectivity index (χ1n) is 20.7. The van der Waals surface area contributed by atoms with Gasteiger partial charge in [0.2, 0.25) is 32.6 Å². The normalized spacial score (nSPS) is 12.3. The summed E-state index contributed by atoms with van der Waals surface area (Å²) in [5, 5.41) is 9.40. The van der Waals surface area contributed by atoms with E-state index in [1.807, 2.05) is 62.3 Å². The summed E-state index contributed by atoms with van der Waals surface area (Å²) in [7, 11) is 4.17. The molecule has 3 aromatic rings. The van der Waals surface area contributed by atoms with Gasteiger partial charge in [-0.1, -0.05) is 90.0 Å². The molecule has 0 atom stereocenters. The van der Waals surface area contributed by atoms with Gasteiger partial charge in [0.15, 0.2) is 0 Å². The van der Waals surface area contributed by atoms with E-state index in [9.17, 15) is 28.8 Å². The molecule has 318 valence electrons. The number of nitrogens with zero attached hydrogens (tertiary/aromatic N) is 3. The summed E-state index contributed by atoms with van der Waals surface area (Å²) in [5.74, 6) is 0. The van der Waals surface area contributed by atoms with E-state index in [1.165, 1.54) is 0 Å². The Hall–Kier alpha value is -3.48. The van der Waals surface area contributed by atoms with Gasteiger partial charge >= 0.3 is 0 Å². The molecule has 12 nitrogen and oxygen atoms in total. The maximum atomic E-state index is 11.6. The lowest BCUT2D eigenvalue weighted by Gasteiger charge is -2.24. The Kier molecular flexibility index (Phi) is 20.3. The largest absolute Gasteiger partial charge is 0.381 e. The van der Waals surface area contributed by atoms with E-state index < -0.39 is 0 Å². The van der Waals surface area contributed by atoms with Crippen molar-refractivity contribution >= 4 is 17.1 Å². The Balaban J connectivity index is 0.000000420. The first-order chi connectivity index (χ1) is 25.9. The molecule has 0 aliphatic carbocycles. The van der Waals surface area contributed by atoms with E-state index >= 15 is 0 Å². The van der Waals surface area contributed by atoms with E-state index in [1.54, 1.807) is 0 Å². The summed E-state index contributed by atoms with van der Waals surface area (Å²) in [5.41, 5.74) is 0.762. The summed E-state index contributed by atoms with van der Waals surface area (Å²) in [6.45, 7) is 35.6. The van der Waals surface area contributed by atoms with Crippen molar-refractivity contribution in [3.63, 3.8) is 0 Å². The van der Waals surface area contributed by atoms with Crippen LogP contribution >= 0.6 is 0 Å². The second-order valence-corrected chi connectivity index (χ2v) is 18.0. The molecule has 0 bridgehead atoms. The minimum absolute atomic E-state index is 0.256. The van der Waals surface area contributed by atoms with E-state index in [0.717, 1.165) is 91.1 Å². The van der Waals surface area contributed by atoms with Gasteiger partial charge in [-0.05, 0) is 102 Å². The summed E-state index contributed by atoms with van der Waals surface area (Å²) >= 11 is 0. The SMILES string of the molecule is CCCN(C)CCCNc1c(C(C)(C)C)c(=O)c1=O.CCN(C)CCCNc1c(C(C)(C)C)c(=O)c1=O.CCN(CC)CCCNc1c(C(C)(C)C)c(=O)c1=O. The highest BCUT2D eigenvalue weighted by Crippen LogP contribution is 2.27. The van der Waals surface area contributed by atoms with Crippen molar-refractivity contribution < 1.29 is 0 Å². The summed E-state index contributed by atoms with van der Waals surface area (Å²) in [6.07, 6.45) is 4.06. The molecule has 0 saturated carbocycles. The highest BCUT2D eigenvalue weighted by molar-refractivity contribution is 5.60. The minimum Gasteiger partial charge on any atom is -0.381 e. The Morgan fingerprint density at radius 2 is 0.714 bits per heavy atom. The molecule has 0 radical (unpaired) electrons. The maximum absolute atomic E-state index is 11.6. The number of hydrogen-bond donors (Lipinski definition) is 3. The third kappa shape index (κ3) is 14.5. The standard InChI is InChI=1S/2C15H26N2O2.C14H24N2O2/c1-6-9-17(5)10-7-8-16-12-11(15(2,3)4)13(18)14(12)19;1-6-17(7-2)10-8-9-16-12-11(15(3,4)5)13(18)14(12)19;1-6-16(5)9-7-8-15-11-10(14(2,3)4)12(17)13(11)18/h2*16H,6-10H2,1-5H3;15H,6-9H2,1-5H3. The summed E-state index contributed by atoms with van der Waals surface area (Å²) in [4.78, 5) is 76.2. The number of anilines is 3. The van der Waals surface area contributed by atoms with Crippen molar-refractivity contribution in [2.45, 2.75) is 132 Å². The Bertz CT molecular complexity index is 1850. The number of hydrogen-bond acceptors (Lipinski definition) is 12. The van der Waals surface area contributed by atoms with Crippen molar-refractivity contribution in [3.05, 3.63) is 78.0 Å². The Labute approximate surface area is 336 Å². The topological polar surface area (TPSA) is 148 Å². The van der Waals surface area contributed by atoms with Gasteiger partial charge in [0.1, 0.15) is 0 Å². The van der Waals surface area contributed by atoms with Gasteiger partial charge in [0.05, 0.1) is 17.1 Å². The zero-order chi connectivity index (χ0) is 43.2. The second kappa shape index (κ2) is 22.5. The molecule has 0 heterocycles. The molecule has 3 N–H and O–H groups in total. The maximum Gasteiger partial charge on any atom is 0.249 e. The molecule has 0 unspecified atom stereocenters. The minimum atomic E-state index is -0.358. The average molecular weight is 785 g/mol. The first-order valence-corrected chi connectivity index (χ1v) is 20.7. The van der Waals surface area contributed by atoms with E-state index in [4.69, 9.17) is 0 Å². The fourth-order valence-corrected chi connectivity index (χ4v) is 6.66. The number of nitrogens with one attached hydrogen (secondary N) is 3. The summed E-state index contributed by atoms with van der Waals surface area (Å²) in [6, 6.07) is 0. The molecule has 3 rings (SSSR count). The van der Waals surface area contributed by atoms with Crippen LogP contribution in [0.5, 0.6) is 0 Å². The number of rotatable bonds is 20. The third-order valence-electron chi connectivity index (χ3n) is 10.0. The quantitative estimate of drug-likeness (QED) is 0.107. The van der Waals surface area contributed by atoms with Crippen LogP contribution in [0.25, 0.3) is 0 Å². The predicted molar refractivity (Wildman–Crippen MR) is 238 cm³/mol. The molecule has 0 aliphatic rings. The van der Waals surface area contributed by atoms with Gasteiger partial charge in [-0.3, -0.25) is 28.8 Å². The van der Waals surface area contributed by atoms with Gasteiger partial charge in [0, 0.05) is 36.3 Å². The highest BCUT2D eigenvalue weighted by atomic mass is 16.2. The van der Waals surface area contributed by atoms with Crippen molar-refractivity contribution in [1.29, 1.82) is 0 Å². The Morgan fingerprint density at radius 1 is 0.411 bits per heavy atom. The zero-order valence-corrected chi connectivity index (χ0v) is 37.7. The van der Waals surface area contributed by atoms with Crippen molar-refractivity contribution in [1.82, 2.24) is 14.7 Å². The van der Waals surface area contributed by atoms with Crippen LogP contribution in [0.15, 0.2) is 28.8 Å². The van der Waals surface area contributed by atoms with Crippen LogP contribution in [0.3, 0.4) is 0 Å². The van der Waals surface area contributed by atoms with Crippen LogP contribution in [0, 0.1) is 0 Å². The molecule has 0 fully saturated rings. The van der Waals surface area contributed by atoms with Gasteiger partial charge < -0.3 is 30.7 Å². The van der Waals surface area contributed by atoms with Gasteiger partial charge in [-0.25, -0.2) is 0 Å². The molecule has 0 saturated heterocycles. The van der Waals surface area contributed by atoms with Gasteiger partial charge in [-0.2, -0.15) is 0 Å². The molecule has 12 heteroatoms. The van der Waals surface area contributed by atoms with Gasteiger partial charge in [0.25, 0.3) is 0 Å². The molecule has 0 spiro atoms. The average Bonchev–Trinajstić information content (AvgIpc) is 3.11. The van der Waals surface area contributed by atoms with Crippen LogP contribution in [-0.2, 0) is 16.2 Å². The van der Waals surface area contributed by atoms with E-state index in [2.05, 4.69) is 72.4 Å². The molecule has 0 aromatic heterocycles. The van der Waals surface area contributed by atoms with E-state index in [0.29, 0.717) is 33.8 Å². The lowest BCUT2D eigenvalue weighted by molar-refractivity contribution is 0.303. The van der Waals surface area contributed by atoms with Crippen molar-refractivity contribution in [2.75, 3.05) is 95.5 Å². The highest BCUT2D eigenvalue weighted by Gasteiger charge is 2.32. The van der Waals surface area contributed by atoms with Crippen LogP contribution in [0.2, 0.25) is 0 Å². The molecule has 3 aromatic carbocycles. The molecular weight excluding hydrogens is 709 g/mol. The summed E-state index contributed by atoms with van der Waals surface area (Å²) < 4.78 is 0. The van der Waals surface area contributed by atoms with Crippen molar-refractivity contribution in [3.8, 4) is 0 Å². The molecule has 0 amide bonds. The smallest absolute Gasteiger partial charge is 0.249 e. The molecular formula is C44H76N6O6. The molecule has 56 heavy (non-hydrogen) atoms. The van der Waals surface area contributed by atoms with Crippen LogP contribution in [-0.4, -0.2) is 94.2 Å². The van der Waals surface area contributed by atoms with Crippen LogP contribution < -0.4 is 48.5 Å². The third-order valence-corrected chi connectivity index (χ3v) is 10.0. The lowest BCUT2D eigenvalue weighted by atomic mass is 9.82. The fraction of sp³-hybridized carbons (Fsp3) is 0.727. The fourth-order valence-electron chi connectivity index (χ4n) is 6.66. The van der Waals surface area contributed by atoms with Crippen LogP contribution in [0.1, 0.15) is 132 Å². The van der Waals surface area contributed by atoms with Crippen molar-refractivity contribution in [2.24, 2.45) is 0 Å². The Morgan fingerprint density at radius 3 is 0.982 bits per heavy atom. The predicted octanol–water partition coefficient (Wildman–Crippen LogP) is 4.78. The van der Waals surface area contributed by atoms with Gasteiger partial charge in [-0.15, -0.1) is 0 Å². The van der Waals surface area contributed by atoms with E-state index in [-0.39, 0.29) is 48.8 Å².